The lowest BCUT2D eigenvalue weighted by atomic mass is 9.81. The van der Waals surface area contributed by atoms with Crippen molar-refractivity contribution in [3.05, 3.63) is 33.8 Å². The Bertz CT molecular complexity index is 402. The van der Waals surface area contributed by atoms with Crippen LogP contribution in [0.25, 0.3) is 0 Å². The summed E-state index contributed by atoms with van der Waals surface area (Å²) in [5.41, 5.74) is 5.60. The summed E-state index contributed by atoms with van der Waals surface area (Å²) < 4.78 is 0. The Morgan fingerprint density at radius 1 is 1.31 bits per heavy atom. The van der Waals surface area contributed by atoms with E-state index in [1.165, 1.54) is 0 Å². The molecule has 0 aliphatic carbocycles. The number of hydrogen-bond acceptors (Lipinski definition) is 2. The molecule has 1 rings (SSSR count). The van der Waals surface area contributed by atoms with E-state index in [4.69, 9.17) is 28.9 Å². The Labute approximate surface area is 106 Å². The van der Waals surface area contributed by atoms with Gasteiger partial charge in [-0.05, 0) is 31.2 Å². The normalized spacial score (nSPS) is 11.6. The van der Waals surface area contributed by atoms with Gasteiger partial charge in [0.1, 0.15) is 0 Å². The molecule has 0 saturated heterocycles. The van der Waals surface area contributed by atoms with Crippen LogP contribution in [0.2, 0.25) is 10.0 Å². The highest BCUT2D eigenvalue weighted by Crippen LogP contribution is 2.29. The lowest BCUT2D eigenvalue weighted by molar-refractivity contribution is 0.0829. The second-order valence-corrected chi connectivity index (χ2v) is 5.19. The Balaban J connectivity index is 3.01. The fourth-order valence-corrected chi connectivity index (χ4v) is 1.80. The van der Waals surface area contributed by atoms with Gasteiger partial charge in [-0.25, -0.2) is 0 Å². The number of carbonyl (C=O) groups is 1. The van der Waals surface area contributed by atoms with Crippen molar-refractivity contribution in [1.29, 1.82) is 0 Å². The first kappa shape index (κ1) is 13.5. The predicted octanol–water partition coefficient (Wildman–Crippen LogP) is 3.55. The minimum Gasteiger partial charge on any atom is -0.330 e. The third-order valence-electron chi connectivity index (χ3n) is 2.57. The fraction of sp³-hybridized carbons (Fsp3) is 0.417. The van der Waals surface area contributed by atoms with Gasteiger partial charge in [0.2, 0.25) is 0 Å². The van der Waals surface area contributed by atoms with Crippen LogP contribution >= 0.6 is 23.2 Å². The summed E-state index contributed by atoms with van der Waals surface area (Å²) in [6.07, 6.45) is 0.645. The molecule has 0 radical (unpaired) electrons. The summed E-state index contributed by atoms with van der Waals surface area (Å²) in [4.78, 5) is 12.2. The van der Waals surface area contributed by atoms with Gasteiger partial charge in [-0.2, -0.15) is 0 Å². The van der Waals surface area contributed by atoms with Crippen LogP contribution in [0.1, 0.15) is 30.6 Å². The number of carbonyl (C=O) groups excluding carboxylic acids is 1. The number of benzene rings is 1. The topological polar surface area (TPSA) is 43.1 Å². The summed E-state index contributed by atoms with van der Waals surface area (Å²) in [6.45, 7) is 4.25. The number of nitrogens with two attached hydrogens (primary N) is 1. The second kappa shape index (κ2) is 5.17. The van der Waals surface area contributed by atoms with E-state index < -0.39 is 5.41 Å². The zero-order chi connectivity index (χ0) is 12.3. The Kier molecular flexibility index (Phi) is 4.36. The lowest BCUT2D eigenvalue weighted by Gasteiger charge is -2.22. The number of ketones is 1. The summed E-state index contributed by atoms with van der Waals surface area (Å²) in [5.74, 6) is 0.0384. The molecule has 0 aliphatic heterocycles. The van der Waals surface area contributed by atoms with Gasteiger partial charge in [0, 0.05) is 11.0 Å². The van der Waals surface area contributed by atoms with E-state index in [9.17, 15) is 4.79 Å². The van der Waals surface area contributed by atoms with Crippen LogP contribution in [0, 0.1) is 5.41 Å². The van der Waals surface area contributed by atoms with E-state index in [2.05, 4.69) is 0 Å². The first-order valence-electron chi connectivity index (χ1n) is 5.08. The van der Waals surface area contributed by atoms with Crippen LogP contribution in [-0.2, 0) is 0 Å². The van der Waals surface area contributed by atoms with Crippen LogP contribution in [0.3, 0.4) is 0 Å². The van der Waals surface area contributed by atoms with Crippen LogP contribution in [0.4, 0.5) is 0 Å². The highest BCUT2D eigenvalue weighted by atomic mass is 35.5. The summed E-state index contributed by atoms with van der Waals surface area (Å²) in [6, 6.07) is 4.93. The van der Waals surface area contributed by atoms with Crippen molar-refractivity contribution in [1.82, 2.24) is 0 Å². The Morgan fingerprint density at radius 2 is 1.94 bits per heavy atom. The molecule has 2 N–H and O–H groups in total. The monoisotopic (exact) mass is 259 g/mol. The van der Waals surface area contributed by atoms with Crippen molar-refractivity contribution in [3.8, 4) is 0 Å². The predicted molar refractivity (Wildman–Crippen MR) is 68.2 cm³/mol. The van der Waals surface area contributed by atoms with E-state index in [1.807, 2.05) is 13.8 Å². The second-order valence-electron chi connectivity index (χ2n) is 4.38. The van der Waals surface area contributed by atoms with Crippen molar-refractivity contribution < 1.29 is 4.79 Å². The maximum atomic E-state index is 12.2. The molecule has 1 aromatic rings. The smallest absolute Gasteiger partial charge is 0.168 e. The van der Waals surface area contributed by atoms with E-state index in [1.54, 1.807) is 18.2 Å². The third kappa shape index (κ3) is 2.97. The van der Waals surface area contributed by atoms with Gasteiger partial charge in [0.25, 0.3) is 0 Å². The molecule has 1 aromatic carbocycles. The molecular weight excluding hydrogens is 245 g/mol. The minimum atomic E-state index is -0.466. The maximum absolute atomic E-state index is 12.2. The van der Waals surface area contributed by atoms with E-state index in [-0.39, 0.29) is 5.78 Å². The van der Waals surface area contributed by atoms with Gasteiger partial charge in [-0.15, -0.1) is 0 Å². The largest absolute Gasteiger partial charge is 0.330 e. The Hall–Kier alpha value is -0.570. The van der Waals surface area contributed by atoms with Crippen molar-refractivity contribution in [2.24, 2.45) is 11.1 Å². The van der Waals surface area contributed by atoms with Crippen molar-refractivity contribution in [2.75, 3.05) is 6.54 Å². The molecule has 0 fully saturated rings. The average molecular weight is 260 g/mol. The molecule has 2 nitrogen and oxygen atoms in total. The van der Waals surface area contributed by atoms with E-state index in [0.717, 1.165) is 0 Å². The van der Waals surface area contributed by atoms with Gasteiger partial charge in [-0.1, -0.05) is 37.0 Å². The molecule has 16 heavy (non-hydrogen) atoms. The molecule has 0 bridgehead atoms. The quantitative estimate of drug-likeness (QED) is 0.841. The molecule has 0 saturated carbocycles. The number of halogens is 2. The SMILES string of the molecule is CC(C)(CCN)C(=O)c1ccc(Cl)c(Cl)c1. The van der Waals surface area contributed by atoms with Gasteiger partial charge in [0.05, 0.1) is 10.0 Å². The fourth-order valence-electron chi connectivity index (χ4n) is 1.50. The molecule has 0 atom stereocenters. The molecule has 88 valence electrons. The lowest BCUT2D eigenvalue weighted by Crippen LogP contribution is -2.27. The standard InChI is InChI=1S/C12H15Cl2NO/c1-12(2,5-6-15)11(16)8-3-4-9(13)10(14)7-8/h3-4,7H,5-6,15H2,1-2H3. The number of rotatable bonds is 4. The maximum Gasteiger partial charge on any atom is 0.168 e. The van der Waals surface area contributed by atoms with Gasteiger partial charge >= 0.3 is 0 Å². The molecule has 0 unspecified atom stereocenters. The molecule has 0 heterocycles. The van der Waals surface area contributed by atoms with Crippen molar-refractivity contribution in [3.63, 3.8) is 0 Å². The summed E-state index contributed by atoms with van der Waals surface area (Å²) in [7, 11) is 0. The molecular formula is C12H15Cl2NO. The highest BCUT2D eigenvalue weighted by molar-refractivity contribution is 6.42. The molecule has 0 aromatic heterocycles. The molecule has 4 heteroatoms. The highest BCUT2D eigenvalue weighted by Gasteiger charge is 2.27. The van der Waals surface area contributed by atoms with Gasteiger partial charge in [0.15, 0.2) is 5.78 Å². The van der Waals surface area contributed by atoms with Crippen LogP contribution < -0.4 is 5.73 Å². The summed E-state index contributed by atoms with van der Waals surface area (Å²) in [5, 5.41) is 0.853. The molecule has 0 aliphatic rings. The first-order valence-corrected chi connectivity index (χ1v) is 5.84. The van der Waals surface area contributed by atoms with Crippen LogP contribution in [0.15, 0.2) is 18.2 Å². The first-order chi connectivity index (χ1) is 7.38. The third-order valence-corrected chi connectivity index (χ3v) is 3.30. The number of hydrogen-bond donors (Lipinski definition) is 1. The average Bonchev–Trinajstić information content (AvgIpc) is 2.21. The van der Waals surface area contributed by atoms with Gasteiger partial charge in [-0.3, -0.25) is 4.79 Å². The molecule has 0 spiro atoms. The van der Waals surface area contributed by atoms with E-state index in [0.29, 0.717) is 28.6 Å². The zero-order valence-corrected chi connectivity index (χ0v) is 10.9. The van der Waals surface area contributed by atoms with Crippen molar-refractivity contribution >= 4 is 29.0 Å². The van der Waals surface area contributed by atoms with Crippen LogP contribution in [-0.4, -0.2) is 12.3 Å². The van der Waals surface area contributed by atoms with Gasteiger partial charge < -0.3 is 5.73 Å². The van der Waals surface area contributed by atoms with E-state index >= 15 is 0 Å². The number of Topliss-reactive ketones (excluding diaryl/α,β-unsaturated/α-hetero) is 1. The molecule has 0 amide bonds. The Morgan fingerprint density at radius 3 is 2.44 bits per heavy atom. The summed E-state index contributed by atoms with van der Waals surface area (Å²) >= 11 is 11.7. The van der Waals surface area contributed by atoms with Crippen LogP contribution in [0.5, 0.6) is 0 Å². The minimum absolute atomic E-state index is 0.0384. The van der Waals surface area contributed by atoms with Crippen molar-refractivity contribution in [2.45, 2.75) is 20.3 Å². The zero-order valence-electron chi connectivity index (χ0n) is 9.39.